The third-order valence-electron chi connectivity index (χ3n) is 3.87. The zero-order valence-corrected chi connectivity index (χ0v) is 14.8. The highest BCUT2D eigenvalue weighted by molar-refractivity contribution is 7.89. The summed E-state index contributed by atoms with van der Waals surface area (Å²) in [5.74, 6) is 0.0682. The van der Waals surface area contributed by atoms with Crippen LogP contribution < -0.4 is 10.1 Å². The van der Waals surface area contributed by atoms with Crippen LogP contribution in [0, 0.1) is 0 Å². The maximum absolute atomic E-state index is 12.7. The fourth-order valence-corrected chi connectivity index (χ4v) is 5.47. The summed E-state index contributed by atoms with van der Waals surface area (Å²) in [5, 5.41) is 4.36. The first-order valence-corrected chi connectivity index (χ1v) is 9.88. The van der Waals surface area contributed by atoms with Crippen LogP contribution in [0.2, 0.25) is 0 Å². The Hall–Kier alpha value is -1.90. The summed E-state index contributed by atoms with van der Waals surface area (Å²) in [6.45, 7) is 1.01. The Morgan fingerprint density at radius 1 is 1.21 bits per heavy atom. The Bertz CT molecular complexity index is 839. The van der Waals surface area contributed by atoms with Crippen molar-refractivity contribution in [2.75, 3.05) is 25.5 Å². The zero-order chi connectivity index (χ0) is 17.2. The molecule has 0 atom stereocenters. The molecule has 1 amide bonds. The van der Waals surface area contributed by atoms with E-state index < -0.39 is 15.9 Å². The van der Waals surface area contributed by atoms with E-state index in [0.29, 0.717) is 24.5 Å². The molecule has 1 aromatic heterocycles. The van der Waals surface area contributed by atoms with E-state index in [9.17, 15) is 13.2 Å². The van der Waals surface area contributed by atoms with Crippen LogP contribution in [0.5, 0.6) is 5.75 Å². The highest BCUT2D eigenvalue weighted by atomic mass is 32.2. The first-order valence-electron chi connectivity index (χ1n) is 7.56. The first-order chi connectivity index (χ1) is 11.5. The van der Waals surface area contributed by atoms with Gasteiger partial charge < -0.3 is 10.1 Å². The van der Waals surface area contributed by atoms with Crippen LogP contribution in [0.3, 0.4) is 0 Å². The third-order valence-corrected chi connectivity index (χ3v) is 6.86. The van der Waals surface area contributed by atoms with Crippen molar-refractivity contribution in [3.63, 3.8) is 0 Å². The molecular formula is C16H18N2O4S2. The molecule has 0 unspecified atom stereocenters. The number of nitrogens with zero attached hydrogens (tertiary/aromatic N) is 1. The lowest BCUT2D eigenvalue weighted by atomic mass is 10.3. The van der Waals surface area contributed by atoms with Crippen LogP contribution in [-0.4, -0.2) is 38.8 Å². The van der Waals surface area contributed by atoms with Crippen LogP contribution in [-0.2, 0) is 10.0 Å². The molecule has 0 spiro atoms. The second-order valence-corrected chi connectivity index (χ2v) is 8.20. The Balaban J connectivity index is 1.88. The molecule has 1 aliphatic heterocycles. The molecule has 8 heteroatoms. The number of nitrogens with one attached hydrogen (secondary N) is 1. The summed E-state index contributed by atoms with van der Waals surface area (Å²) in [4.78, 5) is 12.8. The summed E-state index contributed by atoms with van der Waals surface area (Å²) < 4.78 is 32.1. The van der Waals surface area contributed by atoms with Crippen molar-refractivity contribution in [1.82, 2.24) is 4.31 Å². The smallest absolute Gasteiger partial charge is 0.267 e. The zero-order valence-electron chi connectivity index (χ0n) is 13.2. The Kier molecular flexibility index (Phi) is 4.88. The van der Waals surface area contributed by atoms with Gasteiger partial charge in [0.05, 0.1) is 12.8 Å². The van der Waals surface area contributed by atoms with Gasteiger partial charge in [-0.05, 0) is 36.4 Å². The average Bonchev–Trinajstić information content (AvgIpc) is 3.27. The van der Waals surface area contributed by atoms with Gasteiger partial charge in [-0.25, -0.2) is 8.42 Å². The maximum atomic E-state index is 12.7. The summed E-state index contributed by atoms with van der Waals surface area (Å²) in [5.41, 5.74) is 0.503. The van der Waals surface area contributed by atoms with Crippen LogP contribution in [0.25, 0.3) is 0 Å². The number of carbonyl (C=O) groups excluding carboxylic acids is 1. The summed E-state index contributed by atoms with van der Waals surface area (Å²) in [7, 11) is -2.11. The fraction of sp³-hybridized carbons (Fsp3) is 0.312. The van der Waals surface area contributed by atoms with Crippen LogP contribution >= 0.6 is 11.3 Å². The molecule has 2 heterocycles. The molecule has 128 valence electrons. The van der Waals surface area contributed by atoms with E-state index in [1.165, 1.54) is 17.5 Å². The van der Waals surface area contributed by atoms with Gasteiger partial charge in [-0.15, -0.1) is 11.3 Å². The normalized spacial score (nSPS) is 15.4. The lowest BCUT2D eigenvalue weighted by Crippen LogP contribution is -2.29. The minimum atomic E-state index is -3.63. The lowest BCUT2D eigenvalue weighted by molar-refractivity contribution is 0.102. The monoisotopic (exact) mass is 366 g/mol. The van der Waals surface area contributed by atoms with Gasteiger partial charge in [0, 0.05) is 13.1 Å². The fourth-order valence-electron chi connectivity index (χ4n) is 2.66. The van der Waals surface area contributed by atoms with Crippen molar-refractivity contribution < 1.29 is 17.9 Å². The van der Waals surface area contributed by atoms with Crippen molar-refractivity contribution in [2.24, 2.45) is 0 Å². The summed E-state index contributed by atoms with van der Waals surface area (Å²) in [6, 6.07) is 8.50. The molecular weight excluding hydrogens is 348 g/mol. The molecule has 2 aromatic rings. The average molecular weight is 366 g/mol. The molecule has 1 aliphatic rings. The number of rotatable bonds is 5. The summed E-state index contributed by atoms with van der Waals surface area (Å²) in [6.07, 6.45) is 1.71. The van der Waals surface area contributed by atoms with Crippen LogP contribution in [0.15, 0.2) is 40.6 Å². The van der Waals surface area contributed by atoms with E-state index in [0.717, 1.165) is 24.2 Å². The van der Waals surface area contributed by atoms with E-state index >= 15 is 0 Å². The number of ether oxygens (including phenoxy) is 1. The van der Waals surface area contributed by atoms with Crippen LogP contribution in [0.4, 0.5) is 5.69 Å². The number of methoxy groups -OCH3 is 1. The number of amides is 1. The second-order valence-electron chi connectivity index (χ2n) is 5.38. The topological polar surface area (TPSA) is 75.7 Å². The molecule has 0 aliphatic carbocycles. The van der Waals surface area contributed by atoms with Gasteiger partial charge in [0.2, 0.25) is 10.0 Å². The summed E-state index contributed by atoms with van der Waals surface area (Å²) >= 11 is 1.12. The standard InChI is InChI=1S/C16H18N2O4S2/c1-22-13-7-3-2-6-12(13)17-16(19)15-14(8-11-23-15)24(20,21)18-9-4-5-10-18/h2-3,6-8,11H,4-5,9-10H2,1H3,(H,17,19). The SMILES string of the molecule is COc1ccccc1NC(=O)c1sccc1S(=O)(=O)N1CCCC1. The molecule has 0 saturated carbocycles. The molecule has 1 aromatic carbocycles. The number of carbonyl (C=O) groups is 1. The molecule has 1 N–H and O–H groups in total. The minimum absolute atomic E-state index is 0.0711. The number of para-hydroxylation sites is 2. The maximum Gasteiger partial charge on any atom is 0.267 e. The predicted octanol–water partition coefficient (Wildman–Crippen LogP) is 2.79. The van der Waals surface area contributed by atoms with Gasteiger partial charge >= 0.3 is 0 Å². The highest BCUT2D eigenvalue weighted by Crippen LogP contribution is 2.30. The number of sulfonamides is 1. The van der Waals surface area contributed by atoms with Crippen molar-refractivity contribution in [2.45, 2.75) is 17.7 Å². The lowest BCUT2D eigenvalue weighted by Gasteiger charge is -2.16. The van der Waals surface area contributed by atoms with Gasteiger partial charge in [-0.2, -0.15) is 4.31 Å². The van der Waals surface area contributed by atoms with E-state index in [-0.39, 0.29) is 9.77 Å². The first kappa shape index (κ1) is 16.9. The number of anilines is 1. The van der Waals surface area contributed by atoms with E-state index in [1.54, 1.807) is 29.6 Å². The second kappa shape index (κ2) is 6.92. The molecule has 0 bridgehead atoms. The van der Waals surface area contributed by atoms with Crippen LogP contribution in [0.1, 0.15) is 22.5 Å². The Labute approximate surface area is 145 Å². The van der Waals surface area contributed by atoms with Gasteiger partial charge in [-0.3, -0.25) is 4.79 Å². The van der Waals surface area contributed by atoms with Crippen molar-refractivity contribution in [3.05, 3.63) is 40.6 Å². The molecule has 6 nitrogen and oxygen atoms in total. The Morgan fingerprint density at radius 2 is 1.92 bits per heavy atom. The molecule has 1 saturated heterocycles. The molecule has 1 fully saturated rings. The molecule has 3 rings (SSSR count). The molecule has 0 radical (unpaired) electrons. The predicted molar refractivity (Wildman–Crippen MR) is 93.3 cm³/mol. The highest BCUT2D eigenvalue weighted by Gasteiger charge is 2.31. The van der Waals surface area contributed by atoms with Gasteiger partial charge in [0.1, 0.15) is 15.5 Å². The Morgan fingerprint density at radius 3 is 2.62 bits per heavy atom. The van der Waals surface area contributed by atoms with Gasteiger partial charge in [0.15, 0.2) is 0 Å². The van der Waals surface area contributed by atoms with Crippen molar-refractivity contribution in [3.8, 4) is 5.75 Å². The van der Waals surface area contributed by atoms with E-state index in [4.69, 9.17) is 4.74 Å². The van der Waals surface area contributed by atoms with Gasteiger partial charge in [0.25, 0.3) is 5.91 Å². The van der Waals surface area contributed by atoms with E-state index in [2.05, 4.69) is 5.32 Å². The minimum Gasteiger partial charge on any atom is -0.495 e. The van der Waals surface area contributed by atoms with Crippen molar-refractivity contribution >= 4 is 33.0 Å². The number of hydrogen-bond donors (Lipinski definition) is 1. The van der Waals surface area contributed by atoms with Crippen molar-refractivity contribution in [1.29, 1.82) is 0 Å². The quantitative estimate of drug-likeness (QED) is 0.883. The third kappa shape index (κ3) is 3.17. The number of thiophene rings is 1. The number of benzene rings is 1. The number of hydrogen-bond acceptors (Lipinski definition) is 5. The van der Waals surface area contributed by atoms with E-state index in [1.807, 2.05) is 0 Å². The largest absolute Gasteiger partial charge is 0.495 e. The van der Waals surface area contributed by atoms with Gasteiger partial charge in [-0.1, -0.05) is 12.1 Å². The molecule has 24 heavy (non-hydrogen) atoms.